The molecular formula is C15H18INO. The van der Waals surface area contributed by atoms with Crippen LogP contribution in [0.25, 0.3) is 0 Å². The average molecular weight is 355 g/mol. The normalized spacial score (nSPS) is 15.1. The van der Waals surface area contributed by atoms with Crippen molar-refractivity contribution in [2.75, 3.05) is 6.54 Å². The van der Waals surface area contributed by atoms with Crippen LogP contribution >= 0.6 is 22.6 Å². The fourth-order valence-corrected chi connectivity index (χ4v) is 2.84. The molecule has 1 aromatic rings. The molecule has 18 heavy (non-hydrogen) atoms. The smallest absolute Gasteiger partial charge is 0.252 e. The van der Waals surface area contributed by atoms with Crippen LogP contribution < -0.4 is 5.32 Å². The van der Waals surface area contributed by atoms with Gasteiger partial charge in [0.05, 0.1) is 5.56 Å². The van der Waals surface area contributed by atoms with Crippen LogP contribution in [0.4, 0.5) is 0 Å². The number of carbonyl (C=O) groups excluding carboxylic acids is 1. The van der Waals surface area contributed by atoms with Crippen molar-refractivity contribution in [1.82, 2.24) is 5.32 Å². The fraction of sp³-hybridized carbons (Fsp3) is 0.400. The molecule has 3 heteroatoms. The molecule has 0 aliphatic heterocycles. The van der Waals surface area contributed by atoms with Gasteiger partial charge in [0.1, 0.15) is 0 Å². The maximum atomic E-state index is 12.0. The molecule has 1 N–H and O–H groups in total. The Bertz CT molecular complexity index is 454. The fourth-order valence-electron chi connectivity index (χ4n) is 2.21. The van der Waals surface area contributed by atoms with E-state index in [0.717, 1.165) is 22.1 Å². The molecule has 1 amide bonds. The molecule has 0 saturated heterocycles. The molecule has 96 valence electrons. The van der Waals surface area contributed by atoms with E-state index < -0.39 is 0 Å². The van der Waals surface area contributed by atoms with Crippen LogP contribution in [0.3, 0.4) is 0 Å². The number of benzene rings is 1. The highest BCUT2D eigenvalue weighted by Gasteiger charge is 2.09. The second-order valence-corrected chi connectivity index (χ2v) is 5.76. The standard InChI is InChI=1S/C15H18INO/c16-14-9-5-4-8-13(14)15(18)17-11-10-12-6-2-1-3-7-12/h4-6,8-9H,1-3,7,10-11H2,(H,17,18). The molecule has 0 spiro atoms. The highest BCUT2D eigenvalue weighted by atomic mass is 127. The molecule has 0 unspecified atom stereocenters. The minimum Gasteiger partial charge on any atom is -0.352 e. The van der Waals surface area contributed by atoms with Gasteiger partial charge in [0.2, 0.25) is 0 Å². The number of hydrogen-bond acceptors (Lipinski definition) is 1. The summed E-state index contributed by atoms with van der Waals surface area (Å²) in [6.45, 7) is 0.746. The molecule has 0 bridgehead atoms. The van der Waals surface area contributed by atoms with E-state index in [1.54, 1.807) is 0 Å². The molecule has 0 heterocycles. The summed E-state index contributed by atoms with van der Waals surface area (Å²) >= 11 is 2.20. The molecule has 1 aliphatic rings. The third kappa shape index (κ3) is 3.83. The summed E-state index contributed by atoms with van der Waals surface area (Å²) < 4.78 is 1.00. The number of hydrogen-bond donors (Lipinski definition) is 1. The van der Waals surface area contributed by atoms with Crippen molar-refractivity contribution in [3.63, 3.8) is 0 Å². The van der Waals surface area contributed by atoms with Gasteiger partial charge in [-0.25, -0.2) is 0 Å². The SMILES string of the molecule is O=C(NCCC1=CCCCC1)c1ccccc1I. The lowest BCUT2D eigenvalue weighted by atomic mass is 9.97. The molecule has 1 aromatic carbocycles. The number of allylic oxidation sites excluding steroid dienone is 1. The Balaban J connectivity index is 1.82. The summed E-state index contributed by atoms with van der Waals surface area (Å²) in [7, 11) is 0. The van der Waals surface area contributed by atoms with Gasteiger partial charge in [0.25, 0.3) is 5.91 Å². The molecule has 2 nitrogen and oxygen atoms in total. The van der Waals surface area contributed by atoms with Gasteiger partial charge in [-0.3, -0.25) is 4.79 Å². The first kappa shape index (κ1) is 13.6. The lowest BCUT2D eigenvalue weighted by Gasteiger charge is -2.13. The minimum absolute atomic E-state index is 0.0383. The lowest BCUT2D eigenvalue weighted by Crippen LogP contribution is -2.25. The van der Waals surface area contributed by atoms with Gasteiger partial charge in [-0.05, 0) is 66.8 Å². The van der Waals surface area contributed by atoms with E-state index >= 15 is 0 Å². The average Bonchev–Trinajstić information content (AvgIpc) is 2.40. The van der Waals surface area contributed by atoms with Crippen LogP contribution in [0.1, 0.15) is 42.5 Å². The van der Waals surface area contributed by atoms with Crippen LogP contribution in [0.15, 0.2) is 35.9 Å². The highest BCUT2D eigenvalue weighted by Crippen LogP contribution is 2.19. The number of rotatable bonds is 4. The summed E-state index contributed by atoms with van der Waals surface area (Å²) in [5.41, 5.74) is 2.28. The van der Waals surface area contributed by atoms with Crippen LogP contribution in [-0.4, -0.2) is 12.5 Å². The van der Waals surface area contributed by atoms with Crippen molar-refractivity contribution in [2.24, 2.45) is 0 Å². The Morgan fingerprint density at radius 2 is 2.11 bits per heavy atom. The first-order valence-electron chi connectivity index (χ1n) is 6.48. The van der Waals surface area contributed by atoms with Crippen LogP contribution in [-0.2, 0) is 0 Å². The molecule has 0 radical (unpaired) electrons. The molecule has 0 saturated carbocycles. The van der Waals surface area contributed by atoms with Crippen molar-refractivity contribution in [1.29, 1.82) is 0 Å². The van der Waals surface area contributed by atoms with Gasteiger partial charge >= 0.3 is 0 Å². The monoisotopic (exact) mass is 355 g/mol. The number of nitrogens with one attached hydrogen (secondary N) is 1. The van der Waals surface area contributed by atoms with Crippen LogP contribution in [0, 0.1) is 3.57 Å². The lowest BCUT2D eigenvalue weighted by molar-refractivity contribution is 0.0953. The zero-order chi connectivity index (χ0) is 12.8. The van der Waals surface area contributed by atoms with Crippen molar-refractivity contribution in [2.45, 2.75) is 32.1 Å². The summed E-state index contributed by atoms with van der Waals surface area (Å²) in [5, 5.41) is 3.00. The van der Waals surface area contributed by atoms with Crippen LogP contribution in [0.5, 0.6) is 0 Å². The van der Waals surface area contributed by atoms with Crippen molar-refractivity contribution >= 4 is 28.5 Å². The van der Waals surface area contributed by atoms with Gasteiger partial charge in [0, 0.05) is 10.1 Å². The molecule has 0 aromatic heterocycles. The Kier molecular flexibility index (Phi) is 5.23. The molecule has 0 fully saturated rings. The minimum atomic E-state index is 0.0383. The summed E-state index contributed by atoms with van der Waals surface area (Å²) in [6, 6.07) is 7.68. The summed E-state index contributed by atoms with van der Waals surface area (Å²) in [4.78, 5) is 12.0. The molecule has 0 atom stereocenters. The van der Waals surface area contributed by atoms with E-state index in [2.05, 4.69) is 34.0 Å². The first-order valence-corrected chi connectivity index (χ1v) is 7.56. The highest BCUT2D eigenvalue weighted by molar-refractivity contribution is 14.1. The Hall–Kier alpha value is -0.840. The topological polar surface area (TPSA) is 29.1 Å². The zero-order valence-electron chi connectivity index (χ0n) is 10.4. The van der Waals surface area contributed by atoms with E-state index in [1.165, 1.54) is 31.3 Å². The van der Waals surface area contributed by atoms with Gasteiger partial charge < -0.3 is 5.32 Å². The van der Waals surface area contributed by atoms with Gasteiger partial charge in [-0.2, -0.15) is 0 Å². The Morgan fingerprint density at radius 1 is 1.28 bits per heavy atom. The third-order valence-corrected chi connectivity index (χ3v) is 4.18. The predicted octanol–water partition coefficient (Wildman–Crippen LogP) is 3.91. The maximum Gasteiger partial charge on any atom is 0.252 e. The van der Waals surface area contributed by atoms with Crippen molar-refractivity contribution in [3.8, 4) is 0 Å². The third-order valence-electron chi connectivity index (χ3n) is 3.24. The van der Waals surface area contributed by atoms with E-state index in [-0.39, 0.29) is 5.91 Å². The predicted molar refractivity (Wildman–Crippen MR) is 82.7 cm³/mol. The number of carbonyl (C=O) groups is 1. The zero-order valence-corrected chi connectivity index (χ0v) is 12.6. The summed E-state index contributed by atoms with van der Waals surface area (Å²) in [5.74, 6) is 0.0383. The van der Waals surface area contributed by atoms with Crippen molar-refractivity contribution < 1.29 is 4.79 Å². The van der Waals surface area contributed by atoms with Crippen LogP contribution in [0.2, 0.25) is 0 Å². The van der Waals surface area contributed by atoms with Crippen molar-refractivity contribution in [3.05, 3.63) is 45.0 Å². The second-order valence-electron chi connectivity index (χ2n) is 4.59. The molecule has 1 aliphatic carbocycles. The van der Waals surface area contributed by atoms with E-state index in [1.807, 2.05) is 24.3 Å². The molecular weight excluding hydrogens is 337 g/mol. The maximum absolute atomic E-state index is 12.0. The Morgan fingerprint density at radius 3 is 2.83 bits per heavy atom. The Labute approximate surface area is 122 Å². The largest absolute Gasteiger partial charge is 0.352 e. The quantitative estimate of drug-likeness (QED) is 0.644. The van der Waals surface area contributed by atoms with E-state index in [0.29, 0.717) is 0 Å². The number of amides is 1. The first-order chi connectivity index (χ1) is 8.77. The van der Waals surface area contributed by atoms with E-state index in [4.69, 9.17) is 0 Å². The second kappa shape index (κ2) is 6.92. The van der Waals surface area contributed by atoms with Gasteiger partial charge in [0.15, 0.2) is 0 Å². The van der Waals surface area contributed by atoms with Gasteiger partial charge in [-0.15, -0.1) is 0 Å². The number of halogens is 1. The molecule has 2 rings (SSSR count). The van der Waals surface area contributed by atoms with Gasteiger partial charge in [-0.1, -0.05) is 23.8 Å². The summed E-state index contributed by atoms with van der Waals surface area (Å²) in [6.07, 6.45) is 8.37. The van der Waals surface area contributed by atoms with E-state index in [9.17, 15) is 4.79 Å².